The highest BCUT2D eigenvalue weighted by atomic mass is 32.1. The van der Waals surface area contributed by atoms with E-state index in [0.29, 0.717) is 16.3 Å². The number of thiophene rings is 1. The number of non-ortho nitro benzene ring substituents is 1. The van der Waals surface area contributed by atoms with Crippen molar-refractivity contribution >= 4 is 39.6 Å². The number of hydrogen-bond acceptors (Lipinski definition) is 8. The van der Waals surface area contributed by atoms with Crippen LogP contribution >= 0.6 is 11.3 Å². The van der Waals surface area contributed by atoms with Gasteiger partial charge in [0.25, 0.3) is 11.6 Å². The Hall–Kier alpha value is -2.98. The molecule has 1 aromatic carbocycles. The fourth-order valence-electron chi connectivity index (χ4n) is 4.39. The van der Waals surface area contributed by atoms with Gasteiger partial charge in [0, 0.05) is 43.2 Å². The minimum atomic E-state index is -0.502. The Morgan fingerprint density at radius 2 is 1.91 bits per heavy atom. The summed E-state index contributed by atoms with van der Waals surface area (Å²) in [4.78, 5) is 42.5. The van der Waals surface area contributed by atoms with Crippen LogP contribution in [0.25, 0.3) is 0 Å². The second kappa shape index (κ2) is 9.88. The summed E-state index contributed by atoms with van der Waals surface area (Å²) in [6.07, 6.45) is 3.67. The van der Waals surface area contributed by atoms with E-state index in [-0.39, 0.29) is 17.9 Å². The smallest absolute Gasteiger partial charge is 0.341 e. The molecule has 9 nitrogen and oxygen atoms in total. The zero-order valence-electron chi connectivity index (χ0n) is 18.9. The number of carbonyl (C=O) groups excluding carboxylic acids is 2. The Morgan fingerprint density at radius 3 is 2.61 bits per heavy atom. The first-order valence-corrected chi connectivity index (χ1v) is 12.1. The molecule has 0 spiro atoms. The van der Waals surface area contributed by atoms with Crippen LogP contribution in [0.1, 0.15) is 50.9 Å². The molecule has 2 heterocycles. The second-order valence-corrected chi connectivity index (χ2v) is 9.44. The van der Waals surface area contributed by atoms with Gasteiger partial charge in [0.15, 0.2) is 0 Å². The summed E-state index contributed by atoms with van der Waals surface area (Å²) in [7, 11) is 2.04. The molecule has 10 heteroatoms. The molecular weight excluding hydrogens is 444 g/mol. The minimum absolute atomic E-state index is 0.144. The lowest BCUT2D eigenvalue weighted by atomic mass is 9.95. The molecule has 0 unspecified atom stereocenters. The third-order valence-corrected chi connectivity index (χ3v) is 7.36. The van der Waals surface area contributed by atoms with Gasteiger partial charge in [-0.2, -0.15) is 0 Å². The van der Waals surface area contributed by atoms with E-state index in [1.54, 1.807) is 13.0 Å². The van der Waals surface area contributed by atoms with Gasteiger partial charge in [-0.1, -0.05) is 0 Å². The molecule has 2 aliphatic rings. The first kappa shape index (κ1) is 23.2. The van der Waals surface area contributed by atoms with Gasteiger partial charge < -0.3 is 19.9 Å². The highest BCUT2D eigenvalue weighted by molar-refractivity contribution is 7.17. The number of likely N-dealkylation sites (N-methyl/N-ethyl adjacent to an activating group) is 1. The van der Waals surface area contributed by atoms with Gasteiger partial charge in [-0.15, -0.1) is 11.3 Å². The molecule has 33 heavy (non-hydrogen) atoms. The zero-order chi connectivity index (χ0) is 23.5. The Labute approximate surface area is 196 Å². The second-order valence-electron chi connectivity index (χ2n) is 8.34. The molecule has 176 valence electrons. The lowest BCUT2D eigenvalue weighted by molar-refractivity contribution is -0.384. The van der Waals surface area contributed by atoms with Crippen LogP contribution in [0, 0.1) is 10.1 Å². The number of piperazine rings is 1. The summed E-state index contributed by atoms with van der Waals surface area (Å²) in [5.74, 6) is -0.901. The number of nitrogens with zero attached hydrogens (tertiary/aromatic N) is 3. The van der Waals surface area contributed by atoms with Crippen molar-refractivity contribution in [2.45, 2.75) is 32.6 Å². The number of fused-ring (bicyclic) bond motifs is 1. The van der Waals surface area contributed by atoms with Crippen LogP contribution in [0.2, 0.25) is 0 Å². The van der Waals surface area contributed by atoms with Crippen LogP contribution in [-0.2, 0) is 17.6 Å². The predicted molar refractivity (Wildman–Crippen MR) is 128 cm³/mol. The molecule has 0 radical (unpaired) electrons. The van der Waals surface area contributed by atoms with Crippen LogP contribution in [0.3, 0.4) is 0 Å². The molecule has 1 aliphatic carbocycles. The molecule has 1 N–H and O–H groups in total. The Bertz CT molecular complexity index is 1080. The van der Waals surface area contributed by atoms with Crippen molar-refractivity contribution in [1.82, 2.24) is 4.90 Å². The SMILES string of the molecule is CCOC(=O)c1c(NC(=O)c2cc([N+](=O)[O-])ccc2N2CCN(C)CC2)sc2c1CCCC2. The number of carbonyl (C=O) groups is 2. The standard InChI is InChI=1S/C23H28N4O5S/c1-3-32-23(29)20-16-6-4-5-7-19(16)33-22(20)24-21(28)17-14-15(27(30)31)8-9-18(17)26-12-10-25(2)11-13-26/h8-9,14H,3-7,10-13H2,1-2H3,(H,24,28). The van der Waals surface area contributed by atoms with Crippen molar-refractivity contribution in [1.29, 1.82) is 0 Å². The average Bonchev–Trinajstić information content (AvgIpc) is 3.17. The largest absolute Gasteiger partial charge is 0.462 e. The lowest BCUT2D eigenvalue weighted by Crippen LogP contribution is -2.45. The Balaban J connectivity index is 1.70. The maximum atomic E-state index is 13.4. The summed E-state index contributed by atoms with van der Waals surface area (Å²) >= 11 is 1.40. The number of nitro groups is 1. The normalized spacial score (nSPS) is 16.2. The molecule has 4 rings (SSSR count). The van der Waals surface area contributed by atoms with Crippen molar-refractivity contribution in [2.24, 2.45) is 0 Å². The quantitative estimate of drug-likeness (QED) is 0.388. The number of amides is 1. The number of benzene rings is 1. The maximum absolute atomic E-state index is 13.4. The van der Waals surface area contributed by atoms with Crippen molar-refractivity contribution in [2.75, 3.05) is 50.1 Å². The number of esters is 1. The van der Waals surface area contributed by atoms with E-state index in [4.69, 9.17) is 4.74 Å². The van der Waals surface area contributed by atoms with Crippen LogP contribution in [0.15, 0.2) is 18.2 Å². The lowest BCUT2D eigenvalue weighted by Gasteiger charge is -2.34. The van der Waals surface area contributed by atoms with Crippen molar-refractivity contribution in [3.63, 3.8) is 0 Å². The van der Waals surface area contributed by atoms with Crippen LogP contribution in [0.4, 0.5) is 16.4 Å². The molecule has 0 bridgehead atoms. The predicted octanol–water partition coefficient (Wildman–Crippen LogP) is 3.72. The van der Waals surface area contributed by atoms with Crippen LogP contribution < -0.4 is 10.2 Å². The highest BCUT2D eigenvalue weighted by Crippen LogP contribution is 2.39. The third-order valence-electron chi connectivity index (χ3n) is 6.16. The first-order chi connectivity index (χ1) is 15.9. The monoisotopic (exact) mass is 472 g/mol. The minimum Gasteiger partial charge on any atom is -0.462 e. The van der Waals surface area contributed by atoms with E-state index in [1.807, 2.05) is 7.05 Å². The van der Waals surface area contributed by atoms with Crippen LogP contribution in [-0.4, -0.2) is 61.5 Å². The molecule has 1 aromatic heterocycles. The van der Waals surface area contributed by atoms with Gasteiger partial charge in [-0.3, -0.25) is 14.9 Å². The molecule has 1 amide bonds. The molecule has 1 fully saturated rings. The van der Waals surface area contributed by atoms with E-state index < -0.39 is 16.8 Å². The summed E-state index contributed by atoms with van der Waals surface area (Å²) in [5, 5.41) is 14.8. The van der Waals surface area contributed by atoms with Gasteiger partial charge in [0.2, 0.25) is 0 Å². The van der Waals surface area contributed by atoms with Crippen molar-refractivity contribution in [3.05, 3.63) is 49.9 Å². The summed E-state index contributed by atoms with van der Waals surface area (Å²) in [6.45, 7) is 5.10. The zero-order valence-corrected chi connectivity index (χ0v) is 19.7. The Morgan fingerprint density at radius 1 is 1.18 bits per heavy atom. The van der Waals surface area contributed by atoms with Gasteiger partial charge in [0.1, 0.15) is 5.00 Å². The van der Waals surface area contributed by atoms with Gasteiger partial charge in [-0.05, 0) is 51.3 Å². The topological polar surface area (TPSA) is 105 Å². The molecular formula is C23H28N4O5S. The van der Waals surface area contributed by atoms with Gasteiger partial charge in [-0.25, -0.2) is 4.79 Å². The molecule has 0 atom stereocenters. The average molecular weight is 473 g/mol. The summed E-state index contributed by atoms with van der Waals surface area (Å²) in [5.41, 5.74) is 2.13. The van der Waals surface area contributed by atoms with E-state index in [1.165, 1.54) is 23.5 Å². The van der Waals surface area contributed by atoms with Gasteiger partial charge in [0.05, 0.1) is 28.3 Å². The molecule has 1 aliphatic heterocycles. The fourth-order valence-corrected chi connectivity index (χ4v) is 5.66. The van der Waals surface area contributed by atoms with Gasteiger partial charge >= 0.3 is 5.97 Å². The first-order valence-electron chi connectivity index (χ1n) is 11.2. The highest BCUT2D eigenvalue weighted by Gasteiger charge is 2.29. The van der Waals surface area contributed by atoms with E-state index in [2.05, 4.69) is 15.1 Å². The summed E-state index contributed by atoms with van der Waals surface area (Å²) in [6, 6.07) is 4.39. The van der Waals surface area contributed by atoms with E-state index in [0.717, 1.165) is 62.3 Å². The number of anilines is 2. The van der Waals surface area contributed by atoms with E-state index >= 15 is 0 Å². The molecule has 0 saturated carbocycles. The van der Waals surface area contributed by atoms with Crippen molar-refractivity contribution in [3.8, 4) is 0 Å². The summed E-state index contributed by atoms with van der Waals surface area (Å²) < 4.78 is 5.27. The number of nitro benzene ring substituents is 1. The maximum Gasteiger partial charge on any atom is 0.341 e. The molecule has 2 aromatic rings. The third kappa shape index (κ3) is 4.86. The fraction of sp³-hybridized carbons (Fsp3) is 0.478. The van der Waals surface area contributed by atoms with Crippen molar-refractivity contribution < 1.29 is 19.2 Å². The Kier molecular flexibility index (Phi) is 6.94. The van der Waals surface area contributed by atoms with E-state index in [9.17, 15) is 19.7 Å². The number of hydrogen-bond donors (Lipinski definition) is 1. The number of rotatable bonds is 6. The number of ether oxygens (including phenoxy) is 1. The molecule has 1 saturated heterocycles. The number of aryl methyl sites for hydroxylation is 1. The van der Waals surface area contributed by atoms with Crippen LogP contribution in [0.5, 0.6) is 0 Å². The number of nitrogens with one attached hydrogen (secondary N) is 1.